The molecule has 1 aromatic rings. The van der Waals surface area contributed by atoms with Crippen LogP contribution in [-0.4, -0.2) is 30.1 Å². The highest BCUT2D eigenvalue weighted by molar-refractivity contribution is 5.87. The van der Waals surface area contributed by atoms with Crippen molar-refractivity contribution >= 4 is 12.0 Å². The number of carbonyl (C=O) groups excluding carboxylic acids is 1. The highest BCUT2D eigenvalue weighted by Gasteiger charge is 2.25. The fraction of sp³-hybridized carbons (Fsp3) is 0.692. The summed E-state index contributed by atoms with van der Waals surface area (Å²) in [6.07, 6.45) is 6.17. The number of anilines is 1. The summed E-state index contributed by atoms with van der Waals surface area (Å²) >= 11 is 0. The zero-order valence-electron chi connectivity index (χ0n) is 11.2. The topological polar surface area (TPSA) is 90.4 Å². The van der Waals surface area contributed by atoms with Crippen LogP contribution in [0.25, 0.3) is 0 Å². The first-order valence-corrected chi connectivity index (χ1v) is 6.83. The summed E-state index contributed by atoms with van der Waals surface area (Å²) in [6.45, 7) is 2.60. The molecule has 106 valence electrons. The number of rotatable bonds is 6. The molecule has 1 saturated carbocycles. The van der Waals surface area contributed by atoms with Crippen LogP contribution in [0.4, 0.5) is 6.01 Å². The van der Waals surface area contributed by atoms with Crippen molar-refractivity contribution < 1.29 is 13.9 Å². The standard InChI is InChI=1S/C13H21N3O3/c1-2-18-12(17)11-8-19-13(16-11)15-10(7-14)9-5-3-4-6-9/h8-10H,2-7,14H2,1H3,(H,15,16). The summed E-state index contributed by atoms with van der Waals surface area (Å²) < 4.78 is 10.1. The summed E-state index contributed by atoms with van der Waals surface area (Å²) in [5, 5.41) is 3.18. The molecule has 2 rings (SSSR count). The van der Waals surface area contributed by atoms with Crippen molar-refractivity contribution in [1.29, 1.82) is 0 Å². The highest BCUT2D eigenvalue weighted by atomic mass is 16.5. The van der Waals surface area contributed by atoms with E-state index in [-0.39, 0.29) is 11.7 Å². The van der Waals surface area contributed by atoms with Gasteiger partial charge in [0.1, 0.15) is 6.26 Å². The van der Waals surface area contributed by atoms with Crippen molar-refractivity contribution in [2.24, 2.45) is 11.7 Å². The third kappa shape index (κ3) is 3.47. The lowest BCUT2D eigenvalue weighted by Crippen LogP contribution is -2.35. The Labute approximate surface area is 112 Å². The molecule has 0 spiro atoms. The largest absolute Gasteiger partial charge is 0.461 e. The van der Waals surface area contributed by atoms with Crippen LogP contribution < -0.4 is 11.1 Å². The molecule has 1 fully saturated rings. The Morgan fingerprint density at radius 1 is 1.63 bits per heavy atom. The molecule has 1 atom stereocenters. The van der Waals surface area contributed by atoms with E-state index in [4.69, 9.17) is 14.9 Å². The molecule has 6 nitrogen and oxygen atoms in total. The van der Waals surface area contributed by atoms with Crippen LogP contribution in [0.1, 0.15) is 43.1 Å². The van der Waals surface area contributed by atoms with Gasteiger partial charge in [0.2, 0.25) is 0 Å². The van der Waals surface area contributed by atoms with E-state index in [2.05, 4.69) is 10.3 Å². The zero-order valence-corrected chi connectivity index (χ0v) is 11.2. The molecule has 0 amide bonds. The third-order valence-electron chi connectivity index (χ3n) is 3.52. The number of oxazole rings is 1. The number of aromatic nitrogens is 1. The molecule has 0 radical (unpaired) electrons. The minimum atomic E-state index is -0.468. The third-order valence-corrected chi connectivity index (χ3v) is 3.52. The van der Waals surface area contributed by atoms with Gasteiger partial charge in [-0.15, -0.1) is 0 Å². The molecule has 0 bridgehead atoms. The lowest BCUT2D eigenvalue weighted by atomic mass is 9.98. The molecule has 1 aromatic heterocycles. The monoisotopic (exact) mass is 267 g/mol. The molecule has 0 aliphatic heterocycles. The first kappa shape index (κ1) is 13.9. The summed E-state index contributed by atoms with van der Waals surface area (Å²) in [7, 11) is 0. The van der Waals surface area contributed by atoms with Gasteiger partial charge in [0.15, 0.2) is 5.69 Å². The number of hydrogen-bond donors (Lipinski definition) is 2. The smallest absolute Gasteiger partial charge is 0.360 e. The maximum atomic E-state index is 11.5. The average Bonchev–Trinajstić information content (AvgIpc) is 3.07. The van der Waals surface area contributed by atoms with Gasteiger partial charge in [-0.05, 0) is 25.7 Å². The molecule has 3 N–H and O–H groups in total. The minimum Gasteiger partial charge on any atom is -0.461 e. The second-order valence-corrected chi connectivity index (χ2v) is 4.79. The SMILES string of the molecule is CCOC(=O)c1coc(NC(CN)C2CCCC2)n1. The van der Waals surface area contributed by atoms with Gasteiger partial charge >= 0.3 is 5.97 Å². The lowest BCUT2D eigenvalue weighted by Gasteiger charge is -2.21. The molecule has 1 heterocycles. The Hall–Kier alpha value is -1.56. The molecule has 1 unspecified atom stereocenters. The van der Waals surface area contributed by atoms with Crippen molar-refractivity contribution in [1.82, 2.24) is 4.98 Å². The Morgan fingerprint density at radius 2 is 2.37 bits per heavy atom. The van der Waals surface area contributed by atoms with Crippen molar-refractivity contribution in [3.05, 3.63) is 12.0 Å². The van der Waals surface area contributed by atoms with Crippen LogP contribution in [0.2, 0.25) is 0 Å². The Balaban J connectivity index is 1.96. The van der Waals surface area contributed by atoms with Gasteiger partial charge in [-0.3, -0.25) is 0 Å². The maximum absolute atomic E-state index is 11.5. The predicted molar refractivity (Wildman–Crippen MR) is 70.9 cm³/mol. The molecule has 1 aliphatic rings. The zero-order chi connectivity index (χ0) is 13.7. The van der Waals surface area contributed by atoms with Crippen LogP contribution >= 0.6 is 0 Å². The highest BCUT2D eigenvalue weighted by Crippen LogP contribution is 2.28. The molecule has 0 aromatic carbocycles. The summed E-state index contributed by atoms with van der Waals surface area (Å²) in [6, 6.07) is 0.488. The van der Waals surface area contributed by atoms with Crippen LogP contribution in [0.15, 0.2) is 10.7 Å². The van der Waals surface area contributed by atoms with E-state index < -0.39 is 5.97 Å². The van der Waals surface area contributed by atoms with Crippen molar-refractivity contribution in [2.75, 3.05) is 18.5 Å². The molecule has 6 heteroatoms. The molecular weight excluding hydrogens is 246 g/mol. The van der Waals surface area contributed by atoms with Gasteiger partial charge in [0.25, 0.3) is 6.01 Å². The number of nitrogens with two attached hydrogens (primary N) is 1. The van der Waals surface area contributed by atoms with Gasteiger partial charge in [0, 0.05) is 12.6 Å². The number of hydrogen-bond acceptors (Lipinski definition) is 6. The van der Waals surface area contributed by atoms with E-state index in [0.717, 1.165) is 0 Å². The molecular formula is C13H21N3O3. The van der Waals surface area contributed by atoms with Gasteiger partial charge < -0.3 is 20.2 Å². The predicted octanol–water partition coefficient (Wildman–Crippen LogP) is 1.78. The van der Waals surface area contributed by atoms with E-state index in [1.807, 2.05) is 0 Å². The van der Waals surface area contributed by atoms with E-state index in [1.165, 1.54) is 31.9 Å². The van der Waals surface area contributed by atoms with E-state index in [0.29, 0.717) is 25.1 Å². The number of nitrogens with one attached hydrogen (secondary N) is 1. The first-order valence-electron chi connectivity index (χ1n) is 6.83. The normalized spacial score (nSPS) is 17.4. The molecule has 1 aliphatic carbocycles. The number of carbonyl (C=O) groups is 1. The fourth-order valence-electron chi connectivity index (χ4n) is 2.53. The Bertz CT molecular complexity index is 413. The van der Waals surface area contributed by atoms with Crippen LogP contribution in [0, 0.1) is 5.92 Å². The number of ether oxygens (including phenoxy) is 1. The Kier molecular flexibility index (Phi) is 4.79. The molecule has 0 saturated heterocycles. The summed E-state index contributed by atoms with van der Waals surface area (Å²) in [5.41, 5.74) is 5.98. The van der Waals surface area contributed by atoms with Crippen molar-refractivity contribution in [3.8, 4) is 0 Å². The minimum absolute atomic E-state index is 0.149. The van der Waals surface area contributed by atoms with Gasteiger partial charge in [0.05, 0.1) is 6.61 Å². The fourth-order valence-corrected chi connectivity index (χ4v) is 2.53. The Morgan fingerprint density at radius 3 is 3.00 bits per heavy atom. The van der Waals surface area contributed by atoms with Crippen molar-refractivity contribution in [3.63, 3.8) is 0 Å². The lowest BCUT2D eigenvalue weighted by molar-refractivity contribution is 0.0519. The van der Waals surface area contributed by atoms with E-state index in [1.54, 1.807) is 6.92 Å². The molecule has 19 heavy (non-hydrogen) atoms. The van der Waals surface area contributed by atoms with Gasteiger partial charge in [-0.25, -0.2) is 4.79 Å². The summed E-state index contributed by atoms with van der Waals surface area (Å²) in [4.78, 5) is 15.6. The van der Waals surface area contributed by atoms with Crippen LogP contribution in [0.5, 0.6) is 0 Å². The quantitative estimate of drug-likeness (QED) is 0.763. The maximum Gasteiger partial charge on any atom is 0.360 e. The van der Waals surface area contributed by atoms with Crippen molar-refractivity contribution in [2.45, 2.75) is 38.6 Å². The van der Waals surface area contributed by atoms with Crippen LogP contribution in [0.3, 0.4) is 0 Å². The second kappa shape index (κ2) is 6.56. The van der Waals surface area contributed by atoms with E-state index in [9.17, 15) is 4.79 Å². The van der Waals surface area contributed by atoms with E-state index >= 15 is 0 Å². The van der Waals surface area contributed by atoms with Gasteiger partial charge in [-0.2, -0.15) is 4.98 Å². The summed E-state index contributed by atoms with van der Waals surface area (Å²) in [5.74, 6) is 0.0902. The van der Waals surface area contributed by atoms with Gasteiger partial charge in [-0.1, -0.05) is 12.8 Å². The second-order valence-electron chi connectivity index (χ2n) is 4.79. The first-order chi connectivity index (χ1) is 9.24. The number of nitrogens with zero attached hydrogens (tertiary/aromatic N) is 1. The van der Waals surface area contributed by atoms with Crippen LogP contribution in [-0.2, 0) is 4.74 Å². The number of esters is 1. The average molecular weight is 267 g/mol.